The Morgan fingerprint density at radius 3 is 2.50 bits per heavy atom. The highest BCUT2D eigenvalue weighted by atomic mass is 19.1. The summed E-state index contributed by atoms with van der Waals surface area (Å²) >= 11 is 0. The molecule has 0 spiro atoms. The number of nitrogens with one attached hydrogen (secondary N) is 2. The van der Waals surface area contributed by atoms with Gasteiger partial charge >= 0.3 is 0 Å². The predicted octanol–water partition coefficient (Wildman–Crippen LogP) is 2.60. The van der Waals surface area contributed by atoms with Gasteiger partial charge in [0, 0.05) is 31.6 Å². The van der Waals surface area contributed by atoms with Gasteiger partial charge < -0.3 is 15.1 Å². The number of guanidine groups is 1. The molecule has 1 aromatic carbocycles. The summed E-state index contributed by atoms with van der Waals surface area (Å²) in [6.07, 6.45) is 2.30. The molecule has 0 bridgehead atoms. The van der Waals surface area contributed by atoms with Gasteiger partial charge in [-0.2, -0.15) is 0 Å². The van der Waals surface area contributed by atoms with Crippen molar-refractivity contribution in [3.8, 4) is 11.5 Å². The molecule has 2 aromatic rings. The van der Waals surface area contributed by atoms with E-state index in [0.717, 1.165) is 30.3 Å². The van der Waals surface area contributed by atoms with Crippen LogP contribution >= 0.6 is 0 Å². The van der Waals surface area contributed by atoms with E-state index in [-0.39, 0.29) is 5.82 Å². The minimum absolute atomic E-state index is 0.274. The van der Waals surface area contributed by atoms with E-state index in [2.05, 4.69) is 20.6 Å². The van der Waals surface area contributed by atoms with Gasteiger partial charge in [0.1, 0.15) is 12.1 Å². The molecule has 0 amide bonds. The van der Waals surface area contributed by atoms with Crippen LogP contribution in [0.5, 0.6) is 0 Å². The molecule has 5 nitrogen and oxygen atoms in total. The SMILES string of the molecule is CCNC(=NCCc1coc(-c2ccc(F)cc2)n1)NCC. The Kier molecular flexibility index (Phi) is 5.94. The van der Waals surface area contributed by atoms with Crippen LogP contribution in [0.1, 0.15) is 19.5 Å². The van der Waals surface area contributed by atoms with Crippen molar-refractivity contribution in [1.29, 1.82) is 0 Å². The molecule has 0 aliphatic heterocycles. The quantitative estimate of drug-likeness (QED) is 0.636. The van der Waals surface area contributed by atoms with E-state index in [0.29, 0.717) is 18.9 Å². The summed E-state index contributed by atoms with van der Waals surface area (Å²) in [5, 5.41) is 6.33. The maximum absolute atomic E-state index is 12.9. The van der Waals surface area contributed by atoms with Gasteiger partial charge in [0.05, 0.1) is 5.69 Å². The predicted molar refractivity (Wildman–Crippen MR) is 85.3 cm³/mol. The second-order valence-corrected chi connectivity index (χ2v) is 4.69. The third-order valence-electron chi connectivity index (χ3n) is 2.97. The fourth-order valence-corrected chi connectivity index (χ4v) is 1.94. The van der Waals surface area contributed by atoms with Crippen LogP contribution in [0.15, 0.2) is 39.9 Å². The van der Waals surface area contributed by atoms with Crippen molar-refractivity contribution in [2.24, 2.45) is 4.99 Å². The average molecular weight is 304 g/mol. The second kappa shape index (κ2) is 8.17. The van der Waals surface area contributed by atoms with Crippen molar-refractivity contribution in [3.05, 3.63) is 42.0 Å². The second-order valence-electron chi connectivity index (χ2n) is 4.69. The number of aliphatic imine (C=N–C) groups is 1. The van der Waals surface area contributed by atoms with Crippen molar-refractivity contribution in [2.75, 3.05) is 19.6 Å². The standard InChI is InChI=1S/C16H21FN4O/c1-3-18-16(19-4-2)20-10-9-14-11-22-15(21-14)12-5-7-13(17)8-6-12/h5-8,11H,3-4,9-10H2,1-2H3,(H2,18,19,20). The number of rotatable bonds is 6. The maximum atomic E-state index is 12.9. The molecule has 118 valence electrons. The number of hydrogen-bond donors (Lipinski definition) is 2. The number of oxazole rings is 1. The average Bonchev–Trinajstić information content (AvgIpc) is 2.97. The molecule has 2 N–H and O–H groups in total. The lowest BCUT2D eigenvalue weighted by Gasteiger charge is -2.08. The molecule has 0 saturated carbocycles. The number of halogens is 1. The summed E-state index contributed by atoms with van der Waals surface area (Å²) < 4.78 is 18.3. The Morgan fingerprint density at radius 1 is 1.18 bits per heavy atom. The van der Waals surface area contributed by atoms with Crippen LogP contribution in [-0.2, 0) is 6.42 Å². The number of aromatic nitrogens is 1. The first-order valence-corrected chi connectivity index (χ1v) is 7.45. The van der Waals surface area contributed by atoms with E-state index in [1.54, 1.807) is 18.4 Å². The first-order valence-electron chi connectivity index (χ1n) is 7.45. The van der Waals surface area contributed by atoms with Crippen LogP contribution in [0.25, 0.3) is 11.5 Å². The zero-order valence-corrected chi connectivity index (χ0v) is 12.9. The molecule has 0 unspecified atom stereocenters. The minimum Gasteiger partial charge on any atom is -0.444 e. The normalized spacial score (nSPS) is 10.3. The third kappa shape index (κ3) is 4.58. The van der Waals surface area contributed by atoms with Gasteiger partial charge in [-0.15, -0.1) is 0 Å². The summed E-state index contributed by atoms with van der Waals surface area (Å²) in [5.41, 5.74) is 1.59. The van der Waals surface area contributed by atoms with Crippen LogP contribution in [0.2, 0.25) is 0 Å². The van der Waals surface area contributed by atoms with Crippen molar-refractivity contribution >= 4 is 5.96 Å². The molecule has 0 fully saturated rings. The van der Waals surface area contributed by atoms with Crippen molar-refractivity contribution in [3.63, 3.8) is 0 Å². The van der Waals surface area contributed by atoms with Crippen molar-refractivity contribution in [2.45, 2.75) is 20.3 Å². The number of hydrogen-bond acceptors (Lipinski definition) is 3. The molecule has 0 aliphatic carbocycles. The Labute approximate surface area is 129 Å². The van der Waals surface area contributed by atoms with Gasteiger partial charge in [0.2, 0.25) is 5.89 Å². The highest BCUT2D eigenvalue weighted by Crippen LogP contribution is 2.19. The monoisotopic (exact) mass is 304 g/mol. The fourth-order valence-electron chi connectivity index (χ4n) is 1.94. The van der Waals surface area contributed by atoms with Gasteiger partial charge in [0.15, 0.2) is 5.96 Å². The van der Waals surface area contributed by atoms with E-state index < -0.39 is 0 Å². The lowest BCUT2D eigenvalue weighted by Crippen LogP contribution is -2.37. The largest absolute Gasteiger partial charge is 0.444 e. The molecular weight excluding hydrogens is 283 g/mol. The molecule has 22 heavy (non-hydrogen) atoms. The molecule has 1 heterocycles. The number of benzene rings is 1. The summed E-state index contributed by atoms with van der Waals surface area (Å²) in [6, 6.07) is 6.08. The molecule has 0 aliphatic rings. The highest BCUT2D eigenvalue weighted by Gasteiger charge is 2.06. The molecule has 0 atom stereocenters. The first-order chi connectivity index (χ1) is 10.7. The maximum Gasteiger partial charge on any atom is 0.226 e. The molecule has 0 radical (unpaired) electrons. The summed E-state index contributed by atoms with van der Waals surface area (Å²) in [6.45, 7) is 6.32. The molecule has 1 aromatic heterocycles. The zero-order valence-electron chi connectivity index (χ0n) is 12.9. The van der Waals surface area contributed by atoms with E-state index >= 15 is 0 Å². The van der Waals surface area contributed by atoms with Gasteiger partial charge in [-0.05, 0) is 38.1 Å². The van der Waals surface area contributed by atoms with Gasteiger partial charge in [-0.1, -0.05) is 0 Å². The van der Waals surface area contributed by atoms with E-state index in [1.807, 2.05) is 13.8 Å². The number of nitrogens with zero attached hydrogens (tertiary/aromatic N) is 2. The smallest absolute Gasteiger partial charge is 0.226 e. The van der Waals surface area contributed by atoms with Crippen molar-refractivity contribution < 1.29 is 8.81 Å². The molecular formula is C16H21FN4O. The highest BCUT2D eigenvalue weighted by molar-refractivity contribution is 5.79. The van der Waals surface area contributed by atoms with Crippen LogP contribution in [-0.4, -0.2) is 30.6 Å². The Bertz CT molecular complexity index is 599. The summed E-state index contributed by atoms with van der Waals surface area (Å²) in [5.74, 6) is 1.02. The fraction of sp³-hybridized carbons (Fsp3) is 0.375. The molecule has 6 heteroatoms. The van der Waals surface area contributed by atoms with Crippen molar-refractivity contribution in [1.82, 2.24) is 15.6 Å². The van der Waals surface area contributed by atoms with Crippen LogP contribution in [0.4, 0.5) is 4.39 Å². The zero-order chi connectivity index (χ0) is 15.8. The first kappa shape index (κ1) is 16.0. The van der Waals surface area contributed by atoms with E-state index in [4.69, 9.17) is 4.42 Å². The van der Waals surface area contributed by atoms with Crippen LogP contribution in [0.3, 0.4) is 0 Å². The van der Waals surface area contributed by atoms with Crippen LogP contribution < -0.4 is 10.6 Å². The minimum atomic E-state index is -0.274. The molecule has 0 saturated heterocycles. The Balaban J connectivity index is 1.94. The topological polar surface area (TPSA) is 62.5 Å². The Hall–Kier alpha value is -2.37. The Morgan fingerprint density at radius 2 is 1.86 bits per heavy atom. The van der Waals surface area contributed by atoms with E-state index in [9.17, 15) is 4.39 Å². The van der Waals surface area contributed by atoms with E-state index in [1.165, 1.54) is 12.1 Å². The summed E-state index contributed by atoms with van der Waals surface area (Å²) in [4.78, 5) is 8.86. The lowest BCUT2D eigenvalue weighted by molar-refractivity contribution is 0.572. The van der Waals surface area contributed by atoms with Gasteiger partial charge in [-0.3, -0.25) is 4.99 Å². The van der Waals surface area contributed by atoms with Gasteiger partial charge in [0.25, 0.3) is 0 Å². The third-order valence-corrected chi connectivity index (χ3v) is 2.97. The van der Waals surface area contributed by atoms with Gasteiger partial charge in [-0.25, -0.2) is 9.37 Å². The van der Waals surface area contributed by atoms with Crippen LogP contribution in [0, 0.1) is 5.82 Å². The summed E-state index contributed by atoms with van der Waals surface area (Å²) in [7, 11) is 0. The lowest BCUT2D eigenvalue weighted by atomic mass is 10.2. The molecule has 2 rings (SSSR count).